The Morgan fingerprint density at radius 1 is 1.34 bits per heavy atom. The van der Waals surface area contributed by atoms with Crippen molar-refractivity contribution >= 4 is 5.91 Å². The zero-order valence-electron chi connectivity index (χ0n) is 16.1. The van der Waals surface area contributed by atoms with Crippen LogP contribution >= 0.6 is 0 Å². The van der Waals surface area contributed by atoms with Gasteiger partial charge < -0.3 is 14.2 Å². The van der Waals surface area contributed by atoms with E-state index in [-0.39, 0.29) is 11.5 Å². The fourth-order valence-electron chi connectivity index (χ4n) is 4.05. The Bertz CT molecular complexity index is 996. The smallest absolute Gasteiger partial charge is 0.272 e. The molecule has 0 saturated carbocycles. The number of likely N-dealkylation sites (tertiary alicyclic amines) is 1. The van der Waals surface area contributed by atoms with Gasteiger partial charge >= 0.3 is 0 Å². The molecule has 0 radical (unpaired) electrons. The summed E-state index contributed by atoms with van der Waals surface area (Å²) in [5, 5.41) is 17.9. The van der Waals surface area contributed by atoms with E-state index in [9.17, 15) is 4.79 Å². The molecule has 1 spiro atoms. The van der Waals surface area contributed by atoms with Crippen LogP contribution in [0.5, 0.6) is 0 Å². The molecule has 2 fully saturated rings. The van der Waals surface area contributed by atoms with Crippen molar-refractivity contribution in [2.75, 3.05) is 32.8 Å². The fraction of sp³-hybridized carbons (Fsp3) is 0.529. The molecule has 1 atom stereocenters. The number of ether oxygens (including phenoxy) is 1. The number of H-pyrrole nitrogens is 1. The Hall–Kier alpha value is -3.12. The summed E-state index contributed by atoms with van der Waals surface area (Å²) >= 11 is 0. The summed E-state index contributed by atoms with van der Waals surface area (Å²) in [7, 11) is 2.00. The lowest BCUT2D eigenvalue weighted by Gasteiger charge is -2.40. The van der Waals surface area contributed by atoms with Gasteiger partial charge in [-0.1, -0.05) is 0 Å². The van der Waals surface area contributed by atoms with Gasteiger partial charge in [-0.3, -0.25) is 14.8 Å². The van der Waals surface area contributed by atoms with E-state index in [4.69, 9.17) is 4.74 Å². The van der Waals surface area contributed by atoms with E-state index >= 15 is 0 Å². The molecule has 3 aromatic heterocycles. The highest BCUT2D eigenvalue weighted by atomic mass is 16.5. The predicted molar refractivity (Wildman–Crippen MR) is 99.0 cm³/mol. The van der Waals surface area contributed by atoms with E-state index in [1.165, 1.54) is 11.0 Å². The number of aryl methyl sites for hydroxylation is 1. The molecule has 0 bridgehead atoms. The van der Waals surface area contributed by atoms with Gasteiger partial charge in [-0.2, -0.15) is 9.78 Å². The average Bonchev–Trinajstić information content (AvgIpc) is 3.50. The second-order valence-corrected chi connectivity index (χ2v) is 7.57. The molecular weight excluding hydrogens is 376 g/mol. The van der Waals surface area contributed by atoms with Gasteiger partial charge in [-0.15, -0.1) is 5.10 Å². The average molecular weight is 398 g/mol. The van der Waals surface area contributed by atoms with Gasteiger partial charge in [0.2, 0.25) is 0 Å². The molecule has 2 saturated heterocycles. The second-order valence-electron chi connectivity index (χ2n) is 7.57. The van der Waals surface area contributed by atoms with Crippen LogP contribution in [-0.4, -0.2) is 94.0 Å². The van der Waals surface area contributed by atoms with E-state index in [1.54, 1.807) is 6.07 Å². The van der Waals surface area contributed by atoms with Crippen LogP contribution < -0.4 is 0 Å². The highest BCUT2D eigenvalue weighted by Gasteiger charge is 2.44. The summed E-state index contributed by atoms with van der Waals surface area (Å²) in [5.74, 6) is 1.41. The normalized spacial score (nSPS) is 22.6. The lowest BCUT2D eigenvalue weighted by atomic mass is 10.0. The molecule has 0 aromatic carbocycles. The number of tetrazole rings is 1. The van der Waals surface area contributed by atoms with Gasteiger partial charge in [0.05, 0.1) is 25.3 Å². The van der Waals surface area contributed by atoms with Crippen molar-refractivity contribution in [2.45, 2.75) is 18.6 Å². The minimum Gasteiger partial charge on any atom is -0.370 e. The van der Waals surface area contributed by atoms with E-state index in [0.29, 0.717) is 31.2 Å². The number of aromatic amines is 1. The first-order valence-corrected chi connectivity index (χ1v) is 9.52. The highest BCUT2D eigenvalue weighted by Crippen LogP contribution is 2.30. The number of hydrogen-bond donors (Lipinski definition) is 1. The quantitative estimate of drug-likeness (QED) is 0.608. The summed E-state index contributed by atoms with van der Waals surface area (Å²) in [5.41, 5.74) is 0.0769. The Labute approximate surface area is 166 Å². The van der Waals surface area contributed by atoms with Crippen LogP contribution in [0, 0.1) is 0 Å². The zero-order valence-corrected chi connectivity index (χ0v) is 16.1. The van der Waals surface area contributed by atoms with Gasteiger partial charge in [0.15, 0.2) is 5.82 Å². The van der Waals surface area contributed by atoms with Crippen molar-refractivity contribution < 1.29 is 9.53 Å². The molecule has 1 N–H and O–H groups in total. The molecular formula is C17H22N10O2. The largest absolute Gasteiger partial charge is 0.370 e. The maximum atomic E-state index is 13.0. The van der Waals surface area contributed by atoms with Gasteiger partial charge in [-0.25, -0.2) is 4.98 Å². The van der Waals surface area contributed by atoms with Crippen LogP contribution in [0.4, 0.5) is 0 Å². The van der Waals surface area contributed by atoms with Crippen LogP contribution in [0.3, 0.4) is 0 Å². The monoisotopic (exact) mass is 398 g/mol. The molecule has 5 heterocycles. The van der Waals surface area contributed by atoms with Gasteiger partial charge in [-0.05, 0) is 16.8 Å². The summed E-state index contributed by atoms with van der Waals surface area (Å²) in [6, 6.07) is 1.66. The summed E-state index contributed by atoms with van der Waals surface area (Å²) in [6.07, 6.45) is 6.09. The van der Waals surface area contributed by atoms with Crippen LogP contribution in [-0.2, 0) is 18.3 Å². The number of morpholine rings is 1. The maximum Gasteiger partial charge on any atom is 0.272 e. The number of carbonyl (C=O) groups is 1. The first-order chi connectivity index (χ1) is 14.1. The number of carbonyl (C=O) groups excluding carboxylic acids is 1. The molecule has 1 unspecified atom stereocenters. The molecule has 3 aromatic rings. The van der Waals surface area contributed by atoms with E-state index < -0.39 is 0 Å². The lowest BCUT2D eigenvalue weighted by molar-refractivity contribution is -0.0921. The van der Waals surface area contributed by atoms with Crippen molar-refractivity contribution in [1.82, 2.24) is 49.8 Å². The van der Waals surface area contributed by atoms with E-state index in [0.717, 1.165) is 31.9 Å². The first-order valence-electron chi connectivity index (χ1n) is 9.52. The Balaban J connectivity index is 1.26. The molecule has 12 heteroatoms. The lowest BCUT2D eigenvalue weighted by Crippen LogP contribution is -2.55. The Morgan fingerprint density at radius 3 is 3.07 bits per heavy atom. The molecule has 12 nitrogen and oxygen atoms in total. The van der Waals surface area contributed by atoms with Gasteiger partial charge in [0.1, 0.15) is 17.8 Å². The summed E-state index contributed by atoms with van der Waals surface area (Å²) in [6.45, 7) is 4.11. The van der Waals surface area contributed by atoms with Crippen molar-refractivity contribution in [2.24, 2.45) is 7.05 Å². The Kier molecular flexibility index (Phi) is 4.36. The number of imidazole rings is 1. The van der Waals surface area contributed by atoms with Crippen LogP contribution in [0.25, 0.3) is 5.82 Å². The first kappa shape index (κ1) is 17.9. The minimum absolute atomic E-state index is 0.0953. The van der Waals surface area contributed by atoms with Gasteiger partial charge in [0.25, 0.3) is 5.91 Å². The Morgan fingerprint density at radius 2 is 2.28 bits per heavy atom. The van der Waals surface area contributed by atoms with Crippen molar-refractivity contribution in [1.29, 1.82) is 0 Å². The van der Waals surface area contributed by atoms with Crippen LogP contribution in [0.1, 0.15) is 22.7 Å². The molecule has 29 heavy (non-hydrogen) atoms. The molecule has 2 aliphatic rings. The zero-order chi connectivity index (χ0) is 19.8. The van der Waals surface area contributed by atoms with E-state index in [1.807, 2.05) is 28.9 Å². The molecule has 2 aliphatic heterocycles. The number of nitrogens with zero attached hydrogens (tertiary/aromatic N) is 9. The van der Waals surface area contributed by atoms with Crippen LogP contribution in [0.15, 0.2) is 24.8 Å². The standard InChI is InChI=1S/C17H22N10O2/c1-24-5-3-18-15(24)9-25-4-2-17(10-25)11-26(6-7-29-17)16(28)13-8-14(21-20-13)27-12-19-22-23-27/h3,5,8,12H,2,4,6-7,9-11H2,1H3,(H,20,21). The van der Waals surface area contributed by atoms with Gasteiger partial charge in [0, 0.05) is 45.1 Å². The SMILES string of the molecule is Cn1ccnc1CN1CCC2(C1)CN(C(=O)c1cc(-n3cnnn3)n[nH]1)CCO2. The topological polar surface area (TPSA) is 123 Å². The number of nitrogens with one attached hydrogen (secondary N) is 1. The fourth-order valence-corrected chi connectivity index (χ4v) is 4.05. The third-order valence-corrected chi connectivity index (χ3v) is 5.60. The number of hydrogen-bond acceptors (Lipinski definition) is 8. The molecule has 0 aliphatic carbocycles. The second kappa shape index (κ2) is 7.04. The minimum atomic E-state index is -0.336. The number of amides is 1. The van der Waals surface area contributed by atoms with E-state index in [2.05, 4.69) is 35.6 Å². The third kappa shape index (κ3) is 3.40. The summed E-state index contributed by atoms with van der Waals surface area (Å²) < 4.78 is 9.60. The number of aromatic nitrogens is 8. The predicted octanol–water partition coefficient (Wildman–Crippen LogP) is -0.764. The summed E-state index contributed by atoms with van der Waals surface area (Å²) in [4.78, 5) is 21.6. The van der Waals surface area contributed by atoms with Crippen molar-refractivity contribution in [3.63, 3.8) is 0 Å². The highest BCUT2D eigenvalue weighted by molar-refractivity contribution is 5.92. The third-order valence-electron chi connectivity index (χ3n) is 5.60. The van der Waals surface area contributed by atoms with Crippen molar-refractivity contribution in [3.8, 4) is 5.82 Å². The number of rotatable bonds is 4. The molecule has 5 rings (SSSR count). The molecule has 1 amide bonds. The van der Waals surface area contributed by atoms with Crippen LogP contribution in [0.2, 0.25) is 0 Å². The molecule has 152 valence electrons. The van der Waals surface area contributed by atoms with Crippen molar-refractivity contribution in [3.05, 3.63) is 36.3 Å². The maximum absolute atomic E-state index is 13.0.